The molecular weight excluding hydrogens is 218 g/mol. The lowest BCUT2D eigenvalue weighted by Crippen LogP contribution is -2.32. The van der Waals surface area contributed by atoms with Gasteiger partial charge in [0.1, 0.15) is 0 Å². The van der Waals surface area contributed by atoms with E-state index in [4.69, 9.17) is 0 Å². The molecular formula is C17H35N. The maximum absolute atomic E-state index is 3.72. The second-order valence-corrected chi connectivity index (χ2v) is 7.45. The Morgan fingerprint density at radius 3 is 2.17 bits per heavy atom. The van der Waals surface area contributed by atoms with Crippen LogP contribution in [0.25, 0.3) is 0 Å². The molecule has 0 bridgehead atoms. The first-order valence-electron chi connectivity index (χ1n) is 8.24. The van der Waals surface area contributed by atoms with Gasteiger partial charge in [-0.25, -0.2) is 0 Å². The number of hydrogen-bond acceptors (Lipinski definition) is 1. The van der Waals surface area contributed by atoms with Crippen molar-refractivity contribution in [3.05, 3.63) is 0 Å². The van der Waals surface area contributed by atoms with Crippen LogP contribution in [0.2, 0.25) is 0 Å². The van der Waals surface area contributed by atoms with E-state index in [0.717, 1.165) is 18.5 Å². The van der Waals surface area contributed by atoms with E-state index in [9.17, 15) is 0 Å². The molecule has 0 saturated heterocycles. The van der Waals surface area contributed by atoms with Crippen LogP contribution in [0, 0.1) is 11.3 Å². The molecule has 1 unspecified atom stereocenters. The summed E-state index contributed by atoms with van der Waals surface area (Å²) in [5, 5.41) is 3.72. The number of rotatable bonds is 6. The third-order valence-electron chi connectivity index (χ3n) is 4.33. The normalized spacial score (nSPS) is 20.7. The van der Waals surface area contributed by atoms with E-state index >= 15 is 0 Å². The number of nitrogens with one attached hydrogen (secondary N) is 1. The molecule has 1 atom stereocenters. The van der Waals surface area contributed by atoms with E-state index < -0.39 is 0 Å². The van der Waals surface area contributed by atoms with Gasteiger partial charge in [-0.15, -0.1) is 0 Å². The average Bonchev–Trinajstić information content (AvgIpc) is 2.54. The van der Waals surface area contributed by atoms with Crippen molar-refractivity contribution in [3.8, 4) is 0 Å². The van der Waals surface area contributed by atoms with Crippen LogP contribution in [0.1, 0.15) is 85.5 Å². The highest BCUT2D eigenvalue weighted by atomic mass is 14.9. The largest absolute Gasteiger partial charge is 0.314 e. The molecule has 0 amide bonds. The Kier molecular flexibility index (Phi) is 7.29. The van der Waals surface area contributed by atoms with Crippen molar-refractivity contribution in [2.24, 2.45) is 11.3 Å². The minimum absolute atomic E-state index is 0.483. The summed E-state index contributed by atoms with van der Waals surface area (Å²) in [6, 6.07) is 0.761. The average molecular weight is 253 g/mol. The molecule has 1 nitrogen and oxygen atoms in total. The molecule has 0 aromatic rings. The van der Waals surface area contributed by atoms with Crippen LogP contribution in [0.15, 0.2) is 0 Å². The molecule has 1 aliphatic carbocycles. The van der Waals surface area contributed by atoms with E-state index in [1.165, 1.54) is 57.8 Å². The maximum atomic E-state index is 3.72. The second-order valence-electron chi connectivity index (χ2n) is 7.45. The summed E-state index contributed by atoms with van der Waals surface area (Å²) in [6.45, 7) is 10.5. The molecule has 0 radical (unpaired) electrons. The van der Waals surface area contributed by atoms with Crippen molar-refractivity contribution in [1.29, 1.82) is 0 Å². The van der Waals surface area contributed by atoms with Crippen LogP contribution < -0.4 is 5.32 Å². The zero-order valence-electron chi connectivity index (χ0n) is 13.2. The van der Waals surface area contributed by atoms with Gasteiger partial charge in [-0.3, -0.25) is 0 Å². The monoisotopic (exact) mass is 253 g/mol. The van der Waals surface area contributed by atoms with Crippen LogP contribution in [0.5, 0.6) is 0 Å². The Hall–Kier alpha value is -0.0400. The highest BCUT2D eigenvalue weighted by molar-refractivity contribution is 4.76. The second kappa shape index (κ2) is 8.19. The van der Waals surface area contributed by atoms with Crippen LogP contribution >= 0.6 is 0 Å². The van der Waals surface area contributed by atoms with Gasteiger partial charge < -0.3 is 5.32 Å². The lowest BCUT2D eigenvalue weighted by molar-refractivity contribution is 0.291. The molecule has 0 aromatic heterocycles. The summed E-state index contributed by atoms with van der Waals surface area (Å²) < 4.78 is 0. The molecule has 0 aliphatic heterocycles. The van der Waals surface area contributed by atoms with E-state index in [1.54, 1.807) is 0 Å². The number of hydrogen-bond donors (Lipinski definition) is 1. The minimum atomic E-state index is 0.483. The fraction of sp³-hybridized carbons (Fsp3) is 1.00. The Labute approximate surface area is 115 Å². The highest BCUT2D eigenvalue weighted by Gasteiger charge is 2.19. The van der Waals surface area contributed by atoms with E-state index in [0.29, 0.717) is 5.41 Å². The predicted octanol–water partition coefficient (Wildman–Crippen LogP) is 5.15. The fourth-order valence-electron chi connectivity index (χ4n) is 3.20. The van der Waals surface area contributed by atoms with E-state index in [2.05, 4.69) is 33.0 Å². The molecule has 0 spiro atoms. The third-order valence-corrected chi connectivity index (χ3v) is 4.33. The summed E-state index contributed by atoms with van der Waals surface area (Å²) in [7, 11) is 0. The summed E-state index contributed by atoms with van der Waals surface area (Å²) in [5.41, 5.74) is 0.483. The fourth-order valence-corrected chi connectivity index (χ4v) is 3.20. The SMILES string of the molecule is CCNC(CCC(C)(C)C)CC1CCCCCC1. The van der Waals surface area contributed by atoms with Gasteiger partial charge in [0, 0.05) is 6.04 Å². The first kappa shape index (κ1) is 16.0. The quantitative estimate of drug-likeness (QED) is 0.645. The van der Waals surface area contributed by atoms with Crippen LogP contribution in [-0.4, -0.2) is 12.6 Å². The minimum Gasteiger partial charge on any atom is -0.314 e. The van der Waals surface area contributed by atoms with Gasteiger partial charge >= 0.3 is 0 Å². The molecule has 1 aliphatic rings. The molecule has 0 aromatic carbocycles. The zero-order chi connectivity index (χ0) is 13.4. The standard InChI is InChI=1S/C17H35N/c1-5-18-16(12-13-17(2,3)4)14-15-10-8-6-7-9-11-15/h15-16,18H,5-14H2,1-4H3. The first-order valence-corrected chi connectivity index (χ1v) is 8.24. The van der Waals surface area contributed by atoms with Gasteiger partial charge in [-0.2, -0.15) is 0 Å². The summed E-state index contributed by atoms with van der Waals surface area (Å²) in [5.74, 6) is 0.997. The van der Waals surface area contributed by atoms with Gasteiger partial charge in [0.15, 0.2) is 0 Å². The topological polar surface area (TPSA) is 12.0 Å². The van der Waals surface area contributed by atoms with Crippen molar-refractivity contribution < 1.29 is 0 Å². The molecule has 1 fully saturated rings. The molecule has 18 heavy (non-hydrogen) atoms. The molecule has 1 rings (SSSR count). The Morgan fingerprint density at radius 1 is 1.06 bits per heavy atom. The summed E-state index contributed by atoms with van der Waals surface area (Å²) in [6.07, 6.45) is 13.0. The van der Waals surface area contributed by atoms with Crippen molar-refractivity contribution in [1.82, 2.24) is 5.32 Å². The zero-order valence-corrected chi connectivity index (χ0v) is 13.2. The third kappa shape index (κ3) is 7.41. The Balaban J connectivity index is 2.35. The predicted molar refractivity (Wildman–Crippen MR) is 82.0 cm³/mol. The Morgan fingerprint density at radius 2 is 1.67 bits per heavy atom. The van der Waals surface area contributed by atoms with Crippen LogP contribution in [-0.2, 0) is 0 Å². The van der Waals surface area contributed by atoms with Crippen molar-refractivity contribution in [2.75, 3.05) is 6.54 Å². The molecule has 1 N–H and O–H groups in total. The van der Waals surface area contributed by atoms with Gasteiger partial charge in [0.25, 0.3) is 0 Å². The molecule has 1 heteroatoms. The first-order chi connectivity index (χ1) is 8.51. The highest BCUT2D eigenvalue weighted by Crippen LogP contribution is 2.29. The van der Waals surface area contributed by atoms with Gasteiger partial charge in [-0.1, -0.05) is 66.2 Å². The van der Waals surface area contributed by atoms with E-state index in [1.807, 2.05) is 0 Å². The van der Waals surface area contributed by atoms with E-state index in [-0.39, 0.29) is 0 Å². The van der Waals surface area contributed by atoms with Gasteiger partial charge in [0.05, 0.1) is 0 Å². The maximum Gasteiger partial charge on any atom is 0.00697 e. The lowest BCUT2D eigenvalue weighted by Gasteiger charge is -2.27. The lowest BCUT2D eigenvalue weighted by atomic mass is 9.85. The van der Waals surface area contributed by atoms with Crippen molar-refractivity contribution in [3.63, 3.8) is 0 Å². The molecule has 108 valence electrons. The summed E-state index contributed by atoms with van der Waals surface area (Å²) in [4.78, 5) is 0. The van der Waals surface area contributed by atoms with Crippen molar-refractivity contribution in [2.45, 2.75) is 91.5 Å². The van der Waals surface area contributed by atoms with Crippen molar-refractivity contribution >= 4 is 0 Å². The van der Waals surface area contributed by atoms with Crippen LogP contribution in [0.3, 0.4) is 0 Å². The molecule has 1 saturated carbocycles. The van der Waals surface area contributed by atoms with Crippen LogP contribution in [0.4, 0.5) is 0 Å². The molecule has 0 heterocycles. The van der Waals surface area contributed by atoms with Gasteiger partial charge in [-0.05, 0) is 37.1 Å². The summed E-state index contributed by atoms with van der Waals surface area (Å²) >= 11 is 0. The van der Waals surface area contributed by atoms with Gasteiger partial charge in [0.2, 0.25) is 0 Å². The smallest absolute Gasteiger partial charge is 0.00697 e. The Bertz CT molecular complexity index is 196.